The maximum atomic E-state index is 4.46. The summed E-state index contributed by atoms with van der Waals surface area (Å²) in [4.78, 5) is 7.09. The average Bonchev–Trinajstić information content (AvgIpc) is 2.93. The van der Waals surface area contributed by atoms with Crippen LogP contribution in [0.25, 0.3) is 0 Å². The molecule has 1 saturated heterocycles. The smallest absolute Gasteiger partial charge is 0.107 e. The van der Waals surface area contributed by atoms with Gasteiger partial charge in [-0.2, -0.15) is 0 Å². The Morgan fingerprint density at radius 1 is 1.58 bits per heavy atom. The second-order valence-corrected chi connectivity index (χ2v) is 7.01. The summed E-state index contributed by atoms with van der Waals surface area (Å²) in [5, 5.41) is 7.08. The molecule has 1 aliphatic heterocycles. The molecule has 0 aromatic carbocycles. The van der Waals surface area contributed by atoms with E-state index in [0.29, 0.717) is 6.04 Å². The summed E-state index contributed by atoms with van der Waals surface area (Å²) in [6, 6.07) is 0.615. The normalized spacial score (nSPS) is 30.4. The molecule has 0 amide bonds. The van der Waals surface area contributed by atoms with Crippen molar-refractivity contribution in [2.45, 2.75) is 58.7 Å². The summed E-state index contributed by atoms with van der Waals surface area (Å²) in [6.45, 7) is 12.5. The molecule has 4 heteroatoms. The molecule has 1 aromatic rings. The van der Waals surface area contributed by atoms with Crippen molar-refractivity contribution in [3.63, 3.8) is 0 Å². The number of thiazole rings is 1. The van der Waals surface area contributed by atoms with Gasteiger partial charge in [0.05, 0.1) is 6.54 Å². The van der Waals surface area contributed by atoms with Crippen molar-refractivity contribution in [3.8, 4) is 0 Å². The van der Waals surface area contributed by atoms with Crippen LogP contribution >= 0.6 is 11.3 Å². The highest BCUT2D eigenvalue weighted by atomic mass is 32.1. The van der Waals surface area contributed by atoms with Crippen molar-refractivity contribution >= 4 is 11.3 Å². The fraction of sp³-hybridized carbons (Fsp3) is 0.800. The SMILES string of the molecule is CCC(C)C1CN(Cc2nccs2)C(C)(CC)CN1. The van der Waals surface area contributed by atoms with E-state index >= 15 is 0 Å². The molecule has 108 valence electrons. The van der Waals surface area contributed by atoms with Crippen LogP contribution in [0.3, 0.4) is 0 Å². The summed E-state index contributed by atoms with van der Waals surface area (Å²) in [5.74, 6) is 0.736. The van der Waals surface area contributed by atoms with Gasteiger partial charge in [0.1, 0.15) is 5.01 Å². The first-order chi connectivity index (χ1) is 9.09. The highest BCUT2D eigenvalue weighted by Crippen LogP contribution is 2.27. The van der Waals surface area contributed by atoms with Crippen LogP contribution in [0.1, 0.15) is 45.5 Å². The van der Waals surface area contributed by atoms with Crippen molar-refractivity contribution in [2.75, 3.05) is 13.1 Å². The van der Waals surface area contributed by atoms with Crippen LogP contribution < -0.4 is 5.32 Å². The van der Waals surface area contributed by atoms with Crippen LogP contribution in [0, 0.1) is 5.92 Å². The Morgan fingerprint density at radius 3 is 2.95 bits per heavy atom. The number of aromatic nitrogens is 1. The van der Waals surface area contributed by atoms with Gasteiger partial charge in [-0.05, 0) is 19.3 Å². The molecule has 0 saturated carbocycles. The fourth-order valence-electron chi connectivity index (χ4n) is 2.75. The summed E-state index contributed by atoms with van der Waals surface area (Å²) in [6.07, 6.45) is 4.34. The number of rotatable bonds is 5. The second kappa shape index (κ2) is 6.33. The van der Waals surface area contributed by atoms with Crippen molar-refractivity contribution in [3.05, 3.63) is 16.6 Å². The van der Waals surface area contributed by atoms with Gasteiger partial charge in [0.25, 0.3) is 0 Å². The average molecular weight is 281 g/mol. The summed E-state index contributed by atoms with van der Waals surface area (Å²) >= 11 is 1.77. The highest BCUT2D eigenvalue weighted by molar-refractivity contribution is 7.09. The lowest BCUT2D eigenvalue weighted by Gasteiger charge is -2.49. The van der Waals surface area contributed by atoms with E-state index in [1.807, 2.05) is 6.20 Å². The van der Waals surface area contributed by atoms with Gasteiger partial charge < -0.3 is 5.32 Å². The van der Waals surface area contributed by atoms with E-state index in [2.05, 4.69) is 48.3 Å². The zero-order chi connectivity index (χ0) is 13.9. The van der Waals surface area contributed by atoms with Gasteiger partial charge in [-0.15, -0.1) is 11.3 Å². The third kappa shape index (κ3) is 3.36. The van der Waals surface area contributed by atoms with Gasteiger partial charge in [-0.25, -0.2) is 4.98 Å². The molecule has 0 radical (unpaired) electrons. The molecule has 0 spiro atoms. The fourth-order valence-corrected chi connectivity index (χ4v) is 3.38. The number of nitrogens with one attached hydrogen (secondary N) is 1. The second-order valence-electron chi connectivity index (χ2n) is 6.03. The van der Waals surface area contributed by atoms with E-state index < -0.39 is 0 Å². The number of piperazine rings is 1. The monoisotopic (exact) mass is 281 g/mol. The molecule has 19 heavy (non-hydrogen) atoms. The molecule has 2 rings (SSSR count). The lowest BCUT2D eigenvalue weighted by Crippen LogP contribution is -2.63. The lowest BCUT2D eigenvalue weighted by molar-refractivity contribution is 0.0293. The molecule has 0 aliphatic carbocycles. The van der Waals surface area contributed by atoms with Gasteiger partial charge in [-0.3, -0.25) is 4.90 Å². The first-order valence-electron chi connectivity index (χ1n) is 7.46. The minimum atomic E-state index is 0.260. The van der Waals surface area contributed by atoms with E-state index in [0.717, 1.165) is 25.6 Å². The summed E-state index contributed by atoms with van der Waals surface area (Å²) in [5.41, 5.74) is 0.260. The van der Waals surface area contributed by atoms with Gasteiger partial charge in [-0.1, -0.05) is 27.2 Å². The Balaban J connectivity index is 2.09. The van der Waals surface area contributed by atoms with E-state index in [1.54, 1.807) is 11.3 Å². The predicted molar refractivity (Wildman–Crippen MR) is 82.5 cm³/mol. The minimum Gasteiger partial charge on any atom is -0.311 e. The molecule has 1 fully saturated rings. The van der Waals surface area contributed by atoms with E-state index in [4.69, 9.17) is 0 Å². The Kier molecular flexibility index (Phi) is 4.98. The Hall–Kier alpha value is -0.450. The first kappa shape index (κ1) is 14.9. The van der Waals surface area contributed by atoms with Crippen molar-refractivity contribution < 1.29 is 0 Å². The number of nitrogens with zero attached hydrogens (tertiary/aromatic N) is 2. The number of hydrogen-bond donors (Lipinski definition) is 1. The predicted octanol–water partition coefficient (Wildman–Crippen LogP) is 3.13. The van der Waals surface area contributed by atoms with Crippen LogP contribution in [0.4, 0.5) is 0 Å². The Morgan fingerprint density at radius 2 is 2.37 bits per heavy atom. The molecule has 2 heterocycles. The zero-order valence-corrected chi connectivity index (χ0v) is 13.5. The summed E-state index contributed by atoms with van der Waals surface area (Å²) < 4.78 is 0. The maximum Gasteiger partial charge on any atom is 0.107 e. The third-order valence-corrected chi connectivity index (χ3v) is 5.59. The highest BCUT2D eigenvalue weighted by Gasteiger charge is 2.37. The Bertz CT molecular complexity index is 379. The van der Waals surface area contributed by atoms with E-state index in [9.17, 15) is 0 Å². The molecule has 0 bridgehead atoms. The van der Waals surface area contributed by atoms with Crippen molar-refractivity contribution in [1.29, 1.82) is 0 Å². The lowest BCUT2D eigenvalue weighted by atomic mass is 9.88. The molecule has 1 aromatic heterocycles. The third-order valence-electron chi connectivity index (χ3n) is 4.83. The van der Waals surface area contributed by atoms with Gasteiger partial charge >= 0.3 is 0 Å². The van der Waals surface area contributed by atoms with Gasteiger partial charge in [0.15, 0.2) is 0 Å². The molecule has 1 N–H and O–H groups in total. The van der Waals surface area contributed by atoms with E-state index in [-0.39, 0.29) is 5.54 Å². The van der Waals surface area contributed by atoms with Crippen LogP contribution in [-0.4, -0.2) is 34.6 Å². The minimum absolute atomic E-state index is 0.260. The van der Waals surface area contributed by atoms with Gasteiger partial charge in [0.2, 0.25) is 0 Å². The first-order valence-corrected chi connectivity index (χ1v) is 8.33. The largest absolute Gasteiger partial charge is 0.311 e. The molecule has 3 nitrogen and oxygen atoms in total. The van der Waals surface area contributed by atoms with Gasteiger partial charge in [0, 0.05) is 36.2 Å². The van der Waals surface area contributed by atoms with Crippen LogP contribution in [0.2, 0.25) is 0 Å². The standard InChI is InChI=1S/C15H27N3S/c1-5-12(3)13-9-18(10-14-16-7-8-19-14)15(4,6-2)11-17-13/h7-8,12-13,17H,5-6,9-11H2,1-4H3. The zero-order valence-electron chi connectivity index (χ0n) is 12.6. The number of hydrogen-bond acceptors (Lipinski definition) is 4. The van der Waals surface area contributed by atoms with E-state index in [1.165, 1.54) is 17.8 Å². The Labute approximate surface area is 121 Å². The molecule has 3 atom stereocenters. The topological polar surface area (TPSA) is 28.2 Å². The quantitative estimate of drug-likeness (QED) is 0.899. The summed E-state index contributed by atoms with van der Waals surface area (Å²) in [7, 11) is 0. The van der Waals surface area contributed by atoms with Crippen molar-refractivity contribution in [1.82, 2.24) is 15.2 Å². The van der Waals surface area contributed by atoms with Crippen LogP contribution in [0.15, 0.2) is 11.6 Å². The maximum absolute atomic E-state index is 4.46. The van der Waals surface area contributed by atoms with Crippen molar-refractivity contribution in [2.24, 2.45) is 5.92 Å². The molecular formula is C15H27N3S. The van der Waals surface area contributed by atoms with Crippen LogP contribution in [0.5, 0.6) is 0 Å². The molecule has 1 aliphatic rings. The molecule has 3 unspecified atom stereocenters. The van der Waals surface area contributed by atoms with Crippen LogP contribution in [-0.2, 0) is 6.54 Å². The molecular weight excluding hydrogens is 254 g/mol.